The van der Waals surface area contributed by atoms with Crippen molar-refractivity contribution in [3.63, 3.8) is 0 Å². The van der Waals surface area contributed by atoms with Crippen LogP contribution in [0, 0.1) is 18.8 Å². The second-order valence-electron chi connectivity index (χ2n) is 7.67. The number of ether oxygens (including phenoxy) is 2. The summed E-state index contributed by atoms with van der Waals surface area (Å²) in [4.78, 5) is 13.8. The minimum absolute atomic E-state index is 0.255. The summed E-state index contributed by atoms with van der Waals surface area (Å²) in [6.45, 7) is 3.72. The molecule has 0 amide bonds. The number of methoxy groups -OCH3 is 1. The smallest absolute Gasteiger partial charge is 0.337 e. The first kappa shape index (κ1) is 18.7. The van der Waals surface area contributed by atoms with E-state index >= 15 is 0 Å². The largest absolute Gasteiger partial charge is 0.488 e. The van der Waals surface area contributed by atoms with Gasteiger partial charge in [-0.05, 0) is 68.0 Å². The molecule has 148 valence electrons. The first-order valence-corrected chi connectivity index (χ1v) is 9.62. The topological polar surface area (TPSA) is 84.8 Å². The molecule has 1 saturated heterocycles. The molecule has 0 spiro atoms. The van der Waals surface area contributed by atoms with Gasteiger partial charge in [-0.15, -0.1) is 5.10 Å². The minimum Gasteiger partial charge on any atom is -0.488 e. The first-order valence-electron chi connectivity index (χ1n) is 9.62. The third-order valence-electron chi connectivity index (χ3n) is 5.76. The van der Waals surface area contributed by atoms with Crippen LogP contribution in [0.25, 0.3) is 0 Å². The van der Waals surface area contributed by atoms with Crippen LogP contribution in [0.5, 0.6) is 5.75 Å². The second-order valence-corrected chi connectivity index (χ2v) is 7.67. The number of aryl methyl sites for hydroxylation is 1. The Balaban J connectivity index is 1.40. The lowest BCUT2D eigenvalue weighted by Gasteiger charge is -2.35. The molecule has 28 heavy (non-hydrogen) atoms. The second kappa shape index (κ2) is 7.75. The molecule has 0 unspecified atom stereocenters. The van der Waals surface area contributed by atoms with Crippen LogP contribution in [0.4, 0.5) is 5.82 Å². The molecule has 1 aromatic carbocycles. The van der Waals surface area contributed by atoms with Crippen molar-refractivity contribution in [2.45, 2.75) is 32.0 Å². The summed E-state index contributed by atoms with van der Waals surface area (Å²) in [5.74, 6) is 2.04. The SMILES string of the molecule is COC(=O)c1ccc(O[C@H]2C[C@@H]3CN(c4ccc(C)nn4)C[C@@H]3C[C@@H]2O)cc1. The zero-order chi connectivity index (χ0) is 19.7. The van der Waals surface area contributed by atoms with Crippen LogP contribution in [0.3, 0.4) is 0 Å². The van der Waals surface area contributed by atoms with Gasteiger partial charge in [0.1, 0.15) is 11.9 Å². The predicted octanol–water partition coefficient (Wildman–Crippen LogP) is 2.23. The molecule has 4 atom stereocenters. The molecule has 1 N–H and O–H groups in total. The van der Waals surface area contributed by atoms with Gasteiger partial charge in [-0.2, -0.15) is 5.10 Å². The van der Waals surface area contributed by atoms with Gasteiger partial charge in [-0.3, -0.25) is 0 Å². The molecule has 1 aromatic heterocycles. The Bertz CT molecular complexity index is 825. The van der Waals surface area contributed by atoms with Crippen molar-refractivity contribution in [1.29, 1.82) is 0 Å². The van der Waals surface area contributed by atoms with Gasteiger partial charge in [0, 0.05) is 13.1 Å². The van der Waals surface area contributed by atoms with E-state index in [1.165, 1.54) is 7.11 Å². The summed E-state index contributed by atoms with van der Waals surface area (Å²) in [6.07, 6.45) is 0.742. The predicted molar refractivity (Wildman–Crippen MR) is 103 cm³/mol. The van der Waals surface area contributed by atoms with Crippen molar-refractivity contribution in [3.8, 4) is 5.75 Å². The van der Waals surface area contributed by atoms with Gasteiger partial charge < -0.3 is 19.5 Å². The maximum atomic E-state index is 11.5. The van der Waals surface area contributed by atoms with E-state index < -0.39 is 6.10 Å². The molecule has 7 heteroatoms. The lowest BCUT2D eigenvalue weighted by molar-refractivity contribution is -0.0231. The van der Waals surface area contributed by atoms with Crippen molar-refractivity contribution in [3.05, 3.63) is 47.7 Å². The van der Waals surface area contributed by atoms with E-state index in [1.54, 1.807) is 24.3 Å². The van der Waals surface area contributed by atoms with Gasteiger partial charge in [0.05, 0.1) is 24.5 Å². The third-order valence-corrected chi connectivity index (χ3v) is 5.76. The fourth-order valence-electron chi connectivity index (χ4n) is 4.23. The van der Waals surface area contributed by atoms with Crippen molar-refractivity contribution in [1.82, 2.24) is 10.2 Å². The Hall–Kier alpha value is -2.67. The Morgan fingerprint density at radius 3 is 2.43 bits per heavy atom. The third kappa shape index (κ3) is 3.80. The molecule has 2 aliphatic rings. The average molecular weight is 383 g/mol. The van der Waals surface area contributed by atoms with Gasteiger partial charge in [0.2, 0.25) is 0 Å². The van der Waals surface area contributed by atoms with Crippen LogP contribution >= 0.6 is 0 Å². The molecular weight excluding hydrogens is 358 g/mol. The number of hydrogen-bond acceptors (Lipinski definition) is 7. The van der Waals surface area contributed by atoms with Crippen molar-refractivity contribution in [2.24, 2.45) is 11.8 Å². The molecule has 0 radical (unpaired) electrons. The van der Waals surface area contributed by atoms with E-state index in [1.807, 2.05) is 19.1 Å². The summed E-state index contributed by atoms with van der Waals surface area (Å²) in [6, 6.07) is 10.8. The van der Waals surface area contributed by atoms with Crippen LogP contribution in [-0.4, -0.2) is 53.7 Å². The molecule has 4 rings (SSSR count). The quantitative estimate of drug-likeness (QED) is 0.811. The zero-order valence-electron chi connectivity index (χ0n) is 16.1. The number of hydrogen-bond donors (Lipinski definition) is 1. The number of nitrogens with zero attached hydrogens (tertiary/aromatic N) is 3. The van der Waals surface area contributed by atoms with Crippen LogP contribution in [-0.2, 0) is 4.74 Å². The van der Waals surface area contributed by atoms with Gasteiger partial charge >= 0.3 is 5.97 Å². The minimum atomic E-state index is -0.509. The molecule has 2 heterocycles. The summed E-state index contributed by atoms with van der Waals surface area (Å²) < 4.78 is 10.8. The number of carbonyl (C=O) groups excluding carboxylic acids is 1. The Morgan fingerprint density at radius 2 is 1.79 bits per heavy atom. The standard InChI is InChI=1S/C21H25N3O4/c1-13-3-8-20(23-22-13)24-11-15-9-18(25)19(10-16(15)12-24)28-17-6-4-14(5-7-17)21(26)27-2/h3-8,15-16,18-19,25H,9-12H2,1-2H3/t15-,16+,18-,19-/m0/s1. The Morgan fingerprint density at radius 1 is 1.07 bits per heavy atom. The average Bonchev–Trinajstić information content (AvgIpc) is 3.11. The van der Waals surface area contributed by atoms with Gasteiger partial charge in [-0.25, -0.2) is 4.79 Å². The Kier molecular flexibility index (Phi) is 5.17. The molecule has 0 bridgehead atoms. The Labute approximate surface area is 164 Å². The molecule has 2 fully saturated rings. The van der Waals surface area contributed by atoms with Gasteiger partial charge in [0.15, 0.2) is 5.82 Å². The number of esters is 1. The maximum Gasteiger partial charge on any atom is 0.337 e. The molecule has 1 aliphatic heterocycles. The van der Waals surface area contributed by atoms with E-state index in [-0.39, 0.29) is 12.1 Å². The number of fused-ring (bicyclic) bond motifs is 1. The molecule has 2 aromatic rings. The normalized spacial score (nSPS) is 26.6. The van der Waals surface area contributed by atoms with Crippen LogP contribution in [0.2, 0.25) is 0 Å². The summed E-state index contributed by atoms with van der Waals surface area (Å²) in [7, 11) is 1.36. The van der Waals surface area contributed by atoms with Crippen molar-refractivity contribution in [2.75, 3.05) is 25.1 Å². The van der Waals surface area contributed by atoms with E-state index in [0.717, 1.165) is 31.0 Å². The number of aliphatic hydroxyl groups is 1. The first-order chi connectivity index (χ1) is 13.5. The molecular formula is C21H25N3O4. The maximum absolute atomic E-state index is 11.5. The number of benzene rings is 1. The van der Waals surface area contributed by atoms with E-state index in [4.69, 9.17) is 9.47 Å². The van der Waals surface area contributed by atoms with Crippen molar-refractivity contribution < 1.29 is 19.4 Å². The molecule has 1 saturated carbocycles. The van der Waals surface area contributed by atoms with Crippen LogP contribution in [0.15, 0.2) is 36.4 Å². The highest BCUT2D eigenvalue weighted by molar-refractivity contribution is 5.89. The fraction of sp³-hybridized carbons (Fsp3) is 0.476. The highest BCUT2D eigenvalue weighted by atomic mass is 16.5. The van der Waals surface area contributed by atoms with Gasteiger partial charge in [-0.1, -0.05) is 0 Å². The lowest BCUT2D eigenvalue weighted by Crippen LogP contribution is -2.42. The van der Waals surface area contributed by atoms with E-state index in [9.17, 15) is 9.90 Å². The molecule has 7 nitrogen and oxygen atoms in total. The van der Waals surface area contributed by atoms with Gasteiger partial charge in [0.25, 0.3) is 0 Å². The number of aromatic nitrogens is 2. The zero-order valence-corrected chi connectivity index (χ0v) is 16.1. The van der Waals surface area contributed by atoms with Crippen molar-refractivity contribution >= 4 is 11.8 Å². The number of rotatable bonds is 4. The summed E-state index contributed by atoms with van der Waals surface area (Å²) in [5.41, 5.74) is 1.38. The number of carbonyl (C=O) groups is 1. The number of anilines is 1. The van der Waals surface area contributed by atoms with Crippen LogP contribution < -0.4 is 9.64 Å². The molecule has 1 aliphatic carbocycles. The summed E-state index contributed by atoms with van der Waals surface area (Å²) in [5, 5.41) is 19.1. The summed E-state index contributed by atoms with van der Waals surface area (Å²) >= 11 is 0. The monoisotopic (exact) mass is 383 g/mol. The highest BCUT2D eigenvalue weighted by Gasteiger charge is 2.43. The highest BCUT2D eigenvalue weighted by Crippen LogP contribution is 2.39. The van der Waals surface area contributed by atoms with E-state index in [2.05, 4.69) is 15.1 Å². The fourth-order valence-corrected chi connectivity index (χ4v) is 4.23. The van der Waals surface area contributed by atoms with E-state index in [0.29, 0.717) is 29.6 Å². The van der Waals surface area contributed by atoms with Crippen LogP contribution in [0.1, 0.15) is 28.9 Å². The number of aliphatic hydroxyl groups excluding tert-OH is 1. The lowest BCUT2D eigenvalue weighted by atomic mass is 9.78.